The fourth-order valence-corrected chi connectivity index (χ4v) is 2.29. The smallest absolute Gasteiger partial charge is 0.387 e. The van der Waals surface area contributed by atoms with Gasteiger partial charge in [-0.2, -0.15) is 8.78 Å². The molecule has 0 radical (unpaired) electrons. The Morgan fingerprint density at radius 3 is 1.95 bits per heavy atom. The number of rotatable bonds is 7. The monoisotopic (exact) mass is 309 g/mol. The summed E-state index contributed by atoms with van der Waals surface area (Å²) in [5, 5.41) is 3.32. The second-order valence-electron chi connectivity index (χ2n) is 4.47. The van der Waals surface area contributed by atoms with Gasteiger partial charge in [0.25, 0.3) is 0 Å². The molecular formula is C16H17F2NOS. The van der Waals surface area contributed by atoms with Gasteiger partial charge in [0.05, 0.1) is 0 Å². The van der Waals surface area contributed by atoms with E-state index in [-0.39, 0.29) is 5.75 Å². The van der Waals surface area contributed by atoms with Gasteiger partial charge in [-0.05, 0) is 41.6 Å². The van der Waals surface area contributed by atoms with Crippen LogP contribution < -0.4 is 10.1 Å². The Morgan fingerprint density at radius 1 is 0.952 bits per heavy atom. The molecule has 0 aliphatic heterocycles. The van der Waals surface area contributed by atoms with E-state index in [4.69, 9.17) is 0 Å². The maximum Gasteiger partial charge on any atom is 0.387 e. The van der Waals surface area contributed by atoms with Crippen LogP contribution in [0.4, 0.5) is 8.78 Å². The zero-order valence-electron chi connectivity index (χ0n) is 11.7. The van der Waals surface area contributed by atoms with Gasteiger partial charge in [0.15, 0.2) is 0 Å². The predicted octanol–water partition coefficient (Wildman–Crippen LogP) is 4.30. The third-order valence-corrected chi connectivity index (χ3v) is 3.71. The lowest BCUT2D eigenvalue weighted by Crippen LogP contribution is -2.12. The van der Waals surface area contributed by atoms with Crippen LogP contribution >= 0.6 is 11.8 Å². The van der Waals surface area contributed by atoms with E-state index in [0.29, 0.717) is 6.54 Å². The highest BCUT2D eigenvalue weighted by molar-refractivity contribution is 7.98. The van der Waals surface area contributed by atoms with Gasteiger partial charge in [-0.15, -0.1) is 11.8 Å². The molecule has 0 amide bonds. The average molecular weight is 309 g/mol. The van der Waals surface area contributed by atoms with Gasteiger partial charge in [0.1, 0.15) is 5.75 Å². The zero-order chi connectivity index (χ0) is 15.1. The van der Waals surface area contributed by atoms with E-state index in [1.165, 1.54) is 10.5 Å². The van der Waals surface area contributed by atoms with E-state index in [1.807, 2.05) is 0 Å². The Bertz CT molecular complexity index is 543. The van der Waals surface area contributed by atoms with Crippen molar-refractivity contribution in [3.63, 3.8) is 0 Å². The molecule has 5 heteroatoms. The molecule has 0 saturated heterocycles. The molecule has 0 fully saturated rings. The molecule has 0 aliphatic rings. The highest BCUT2D eigenvalue weighted by Gasteiger charge is 2.03. The Hall–Kier alpha value is -1.59. The number of nitrogens with one attached hydrogen (secondary N) is 1. The molecule has 0 aliphatic carbocycles. The summed E-state index contributed by atoms with van der Waals surface area (Å²) in [5.41, 5.74) is 2.24. The van der Waals surface area contributed by atoms with Crippen LogP contribution in [0.2, 0.25) is 0 Å². The van der Waals surface area contributed by atoms with Gasteiger partial charge in [0.2, 0.25) is 0 Å². The Kier molecular flexibility index (Phi) is 6.02. The Morgan fingerprint density at radius 2 is 1.48 bits per heavy atom. The molecule has 112 valence electrons. The lowest BCUT2D eigenvalue weighted by molar-refractivity contribution is -0.0498. The second kappa shape index (κ2) is 8.00. The van der Waals surface area contributed by atoms with E-state index in [9.17, 15) is 8.78 Å². The molecule has 0 saturated carbocycles. The molecule has 0 unspecified atom stereocenters. The van der Waals surface area contributed by atoms with Crippen molar-refractivity contribution < 1.29 is 13.5 Å². The average Bonchev–Trinajstić information content (AvgIpc) is 2.49. The maximum absolute atomic E-state index is 12.0. The number of hydrogen-bond acceptors (Lipinski definition) is 3. The number of halogens is 2. The third-order valence-electron chi connectivity index (χ3n) is 2.97. The predicted molar refractivity (Wildman–Crippen MR) is 81.8 cm³/mol. The molecule has 2 aromatic rings. The van der Waals surface area contributed by atoms with E-state index < -0.39 is 6.61 Å². The van der Waals surface area contributed by atoms with Crippen molar-refractivity contribution in [2.75, 3.05) is 6.26 Å². The summed E-state index contributed by atoms with van der Waals surface area (Å²) < 4.78 is 28.4. The van der Waals surface area contributed by atoms with Crippen LogP contribution in [-0.2, 0) is 13.1 Å². The number of hydrogen-bond donors (Lipinski definition) is 1. The molecule has 2 nitrogen and oxygen atoms in total. The summed E-state index contributed by atoms with van der Waals surface area (Å²) in [4.78, 5) is 1.24. The van der Waals surface area contributed by atoms with E-state index in [1.54, 1.807) is 36.0 Å². The van der Waals surface area contributed by atoms with Crippen molar-refractivity contribution in [3.05, 3.63) is 59.7 Å². The Balaban J connectivity index is 1.79. The fourth-order valence-electron chi connectivity index (χ4n) is 1.88. The highest BCUT2D eigenvalue weighted by Crippen LogP contribution is 2.16. The minimum absolute atomic E-state index is 0.182. The van der Waals surface area contributed by atoms with E-state index in [0.717, 1.165) is 12.1 Å². The molecule has 21 heavy (non-hydrogen) atoms. The van der Waals surface area contributed by atoms with Gasteiger partial charge in [-0.3, -0.25) is 0 Å². The maximum atomic E-state index is 12.0. The molecule has 0 bridgehead atoms. The van der Waals surface area contributed by atoms with Crippen molar-refractivity contribution in [1.29, 1.82) is 0 Å². The van der Waals surface area contributed by atoms with Crippen LogP contribution in [0.15, 0.2) is 53.4 Å². The van der Waals surface area contributed by atoms with Gasteiger partial charge in [-0.1, -0.05) is 24.3 Å². The van der Waals surface area contributed by atoms with Crippen molar-refractivity contribution in [2.24, 2.45) is 0 Å². The number of benzene rings is 2. The first-order chi connectivity index (χ1) is 10.2. The SMILES string of the molecule is CSc1ccc(CNCc2ccc(OC(F)F)cc2)cc1. The minimum atomic E-state index is -2.78. The second-order valence-corrected chi connectivity index (χ2v) is 5.35. The number of thioether (sulfide) groups is 1. The summed E-state index contributed by atoms with van der Waals surface area (Å²) >= 11 is 1.72. The van der Waals surface area contributed by atoms with Gasteiger partial charge in [-0.25, -0.2) is 0 Å². The van der Waals surface area contributed by atoms with Crippen molar-refractivity contribution in [1.82, 2.24) is 5.32 Å². The Labute approximate surface area is 127 Å². The van der Waals surface area contributed by atoms with Crippen LogP contribution in [0.5, 0.6) is 5.75 Å². The van der Waals surface area contributed by atoms with E-state index in [2.05, 4.69) is 40.6 Å². The summed E-state index contributed by atoms with van der Waals surface area (Å²) in [6.07, 6.45) is 2.05. The van der Waals surface area contributed by atoms with Crippen molar-refractivity contribution in [2.45, 2.75) is 24.6 Å². The molecule has 2 rings (SSSR count). The third kappa shape index (κ3) is 5.36. The molecule has 0 spiro atoms. The summed E-state index contributed by atoms with van der Waals surface area (Å²) in [6.45, 7) is -1.33. The number of ether oxygens (including phenoxy) is 1. The first-order valence-corrected chi connectivity index (χ1v) is 7.77. The molecule has 0 heterocycles. The van der Waals surface area contributed by atoms with Crippen LogP contribution in [0.3, 0.4) is 0 Å². The lowest BCUT2D eigenvalue weighted by atomic mass is 10.2. The van der Waals surface area contributed by atoms with E-state index >= 15 is 0 Å². The zero-order valence-corrected chi connectivity index (χ0v) is 12.5. The summed E-state index contributed by atoms with van der Waals surface area (Å²) in [6, 6.07) is 15.0. The lowest BCUT2D eigenvalue weighted by Gasteiger charge is -2.08. The molecule has 0 atom stereocenters. The molecule has 1 N–H and O–H groups in total. The summed E-state index contributed by atoms with van der Waals surface area (Å²) in [7, 11) is 0. The van der Waals surface area contributed by atoms with Crippen molar-refractivity contribution in [3.8, 4) is 5.75 Å². The van der Waals surface area contributed by atoms with Crippen LogP contribution in [-0.4, -0.2) is 12.9 Å². The first-order valence-electron chi connectivity index (χ1n) is 6.55. The number of alkyl halides is 2. The quantitative estimate of drug-likeness (QED) is 0.771. The van der Waals surface area contributed by atoms with Gasteiger partial charge in [0, 0.05) is 18.0 Å². The molecule has 0 aromatic heterocycles. The molecular weight excluding hydrogens is 292 g/mol. The van der Waals surface area contributed by atoms with Gasteiger partial charge >= 0.3 is 6.61 Å². The normalized spacial score (nSPS) is 10.9. The highest BCUT2D eigenvalue weighted by atomic mass is 32.2. The topological polar surface area (TPSA) is 21.3 Å². The largest absolute Gasteiger partial charge is 0.435 e. The first kappa shape index (κ1) is 15.8. The van der Waals surface area contributed by atoms with Crippen LogP contribution in [0.1, 0.15) is 11.1 Å². The van der Waals surface area contributed by atoms with Crippen molar-refractivity contribution >= 4 is 11.8 Å². The summed E-state index contributed by atoms with van der Waals surface area (Å²) in [5.74, 6) is 0.182. The molecule has 2 aromatic carbocycles. The van der Waals surface area contributed by atoms with Crippen LogP contribution in [0, 0.1) is 0 Å². The minimum Gasteiger partial charge on any atom is -0.435 e. The van der Waals surface area contributed by atoms with Gasteiger partial charge < -0.3 is 10.1 Å². The van der Waals surface area contributed by atoms with Crippen LogP contribution in [0.25, 0.3) is 0 Å². The fraction of sp³-hybridized carbons (Fsp3) is 0.250. The standard InChI is InChI=1S/C16H17F2NOS/c1-21-15-8-4-13(5-9-15)11-19-10-12-2-6-14(7-3-12)20-16(17)18/h2-9,16,19H,10-11H2,1H3.